The summed E-state index contributed by atoms with van der Waals surface area (Å²) in [5, 5.41) is 17.4. The van der Waals surface area contributed by atoms with Crippen molar-refractivity contribution in [2.75, 3.05) is 19.6 Å². The number of fused-ring (bicyclic) bond motifs is 11. The molecule has 7 aromatic rings. The number of halogens is 58. The fourth-order valence-corrected chi connectivity index (χ4v) is 7770. The van der Waals surface area contributed by atoms with Gasteiger partial charge in [-0.15, -0.1) is 11.3 Å². The van der Waals surface area contributed by atoms with E-state index in [1.807, 2.05) is 16.5 Å². The number of thiocarbonyl (C=S) groups is 1. The fourth-order valence-electron chi connectivity index (χ4n) is 11.2. The van der Waals surface area contributed by atoms with Crippen LogP contribution in [-0.4, -0.2) is 108 Å². The van der Waals surface area contributed by atoms with Gasteiger partial charge >= 0.3 is 711 Å². The number of carbonyl (C=O) groups excluding carboxylic acids is 5. The molecule has 6 aliphatic heterocycles. The Hall–Kier alpha value is 32.0. The molecule has 13 rings (SSSR count). The molecular formula is C56H54Br3Cl6CuI49N11O5S2-. The van der Waals surface area contributed by atoms with Crippen LogP contribution in [0.5, 0.6) is 0 Å². The van der Waals surface area contributed by atoms with Crippen molar-refractivity contribution in [3.8, 4) is 11.4 Å². The number of rotatable bonds is 24. The fraction of sp³-hybridized carbons (Fsp3) is 0.357. The third-order valence-electron chi connectivity index (χ3n) is 16.1. The average molecular weight is 7760 g/mol. The van der Waals surface area contributed by atoms with Crippen LogP contribution in [0.1, 0.15) is 129 Å². The number of hydrogen-bond acceptors (Lipinski definition) is 11. The van der Waals surface area contributed by atoms with Gasteiger partial charge < -0.3 is 20.4 Å². The quantitative estimate of drug-likeness (QED) is 0.0262. The van der Waals surface area contributed by atoms with E-state index in [1.54, 1.807) is 87.3 Å². The summed E-state index contributed by atoms with van der Waals surface area (Å²) < 4.78 is 5.67. The van der Waals surface area contributed by atoms with E-state index in [-0.39, 0.29) is 73.1 Å². The Morgan fingerprint density at radius 3 is 1.06 bits per heavy atom. The molecule has 0 saturated carbocycles. The van der Waals surface area contributed by atoms with Crippen molar-refractivity contribution >= 4 is 829 Å². The summed E-state index contributed by atoms with van der Waals surface area (Å²) in [6, 6.07) is 14.8. The number of aryl methyl sites for hydroxylation is 5. The second kappa shape index (κ2) is 81.0. The van der Waals surface area contributed by atoms with Crippen LogP contribution in [0, 0.1) is 6.92 Å². The van der Waals surface area contributed by atoms with Crippen molar-refractivity contribution in [3.05, 3.63) is 156 Å². The molecule has 0 spiro atoms. The molecule has 4 aromatic heterocycles. The van der Waals surface area contributed by atoms with E-state index in [2.05, 4.69) is 555 Å². The van der Waals surface area contributed by atoms with Crippen LogP contribution in [0.2, 0.25) is 30.1 Å². The zero-order valence-corrected chi connectivity index (χ0v) is 180. The van der Waals surface area contributed by atoms with Crippen LogP contribution in [0.15, 0.2) is 54.6 Å². The first-order chi connectivity index (χ1) is 61.9. The van der Waals surface area contributed by atoms with E-state index < -0.39 is 142 Å². The van der Waals surface area contributed by atoms with E-state index in [9.17, 15) is 24.0 Å². The van der Waals surface area contributed by atoms with Gasteiger partial charge in [-0.1, -0.05) is 105 Å². The van der Waals surface area contributed by atoms with Gasteiger partial charge in [-0.3, -0.25) is 38.0 Å². The van der Waals surface area contributed by atoms with Crippen LogP contribution >= 0.6 is 795 Å². The number of hydrogen-bond donors (Lipinski definition) is 1. The van der Waals surface area contributed by atoms with Gasteiger partial charge in [0.05, 0.1) is 87.4 Å². The number of amides is 3. The Morgan fingerprint density at radius 2 is 0.744 bits per heavy atom. The van der Waals surface area contributed by atoms with Crippen molar-refractivity contribution in [2.45, 2.75) is 110 Å². The van der Waals surface area contributed by atoms with Gasteiger partial charge in [0.15, 0.2) is 11.6 Å². The average Bonchev–Trinajstić information content (AvgIpc) is 1.60. The summed E-state index contributed by atoms with van der Waals surface area (Å²) in [7, 11) is -10.1. The minimum atomic E-state index is -0.532. The normalized spacial score (nSPS) is 16.8. The number of alkyl halides is 1. The Bertz CT molecular complexity index is 5070. The first-order valence-corrected chi connectivity index (χ1v) is 337. The number of thiazole rings is 1. The topological polar surface area (TPSA) is 187 Å². The van der Waals surface area contributed by atoms with Crippen LogP contribution in [0.3, 0.4) is 0 Å². The maximum absolute atomic E-state index is 13.0. The predicted molar refractivity (Wildman–Crippen MR) is 1020 cm³/mol. The van der Waals surface area contributed by atoms with E-state index in [0.29, 0.717) is 142 Å². The summed E-state index contributed by atoms with van der Waals surface area (Å²) >= 11 is 135. The Kier molecular flexibility index (Phi) is 93.5. The second-order valence-electron chi connectivity index (χ2n) is 23.5. The zero-order chi connectivity index (χ0) is 99.0. The van der Waals surface area contributed by atoms with Crippen molar-refractivity contribution in [3.63, 3.8) is 0 Å². The maximum atomic E-state index is 13.0. The van der Waals surface area contributed by atoms with Crippen LogP contribution in [0.4, 0.5) is 0 Å². The number of aromatic nitrogens is 7. The SMILES string of the molecule is C.CC(N)=S.Cc1nc2c(s1)CCn1nc3c(c1-2)CN(C(=O)c1ccc(Cl)c(Cl)c1)CC3.II(I)I(I)I(I)I(I)I(I)I(I)I(I)I(I)I(I)I(I)I(I)I(I)I(I)I(I)I(I)I(I)I(I)I(I)I.I[I-]I(I)I(I)I(I)I(I)I.O=C1CCCn2nc3c(c21)CN(C(=O)c1ccc(Cl)c(Cl)c1)CC3.O=C1c2c3c(nn2CCC1Br)CCN(C(=O)c1ccc(Cl)c(Cl)c1)C3.[Br][Cu][Br]. The molecule has 0 saturated heterocycles. The first-order valence-electron chi connectivity index (χ1n) is 32.6. The molecule has 793 valence electrons. The molecule has 133 heavy (non-hydrogen) atoms. The van der Waals surface area contributed by atoms with E-state index in [0.717, 1.165) is 88.9 Å². The molecule has 1 atom stereocenters. The molecule has 16 nitrogen and oxygen atoms in total. The number of Topliss-reactive ketones (excluding diaryl/α,β-unsaturated/α-hetero) is 2. The minimum absolute atomic E-state index is 0. The van der Waals surface area contributed by atoms with Crippen molar-refractivity contribution in [1.29, 1.82) is 0 Å². The van der Waals surface area contributed by atoms with Gasteiger partial charge in [-0.25, -0.2) is 4.98 Å². The molecule has 77 heteroatoms. The van der Waals surface area contributed by atoms with E-state index in [1.165, 1.54) is 16.2 Å². The third-order valence-corrected chi connectivity index (χ3v) is 3410. The molecule has 0 aliphatic carbocycles. The Labute approximate surface area is 1180 Å². The molecule has 0 bridgehead atoms. The van der Waals surface area contributed by atoms with Gasteiger partial charge in [-0.2, -0.15) is 15.3 Å². The molecule has 10 heterocycles. The molecule has 0 radical (unpaired) electrons. The third kappa shape index (κ3) is 49.1. The van der Waals surface area contributed by atoms with E-state index >= 15 is 0 Å². The first kappa shape index (κ1) is 154. The van der Waals surface area contributed by atoms with E-state index in [4.69, 9.17) is 85.4 Å². The van der Waals surface area contributed by atoms with Gasteiger partial charge in [0, 0.05) is 110 Å². The molecule has 6 aliphatic rings. The van der Waals surface area contributed by atoms with Crippen LogP contribution in [0.25, 0.3) is 11.4 Å². The van der Waals surface area contributed by atoms with Crippen molar-refractivity contribution in [2.24, 2.45) is 5.73 Å². The van der Waals surface area contributed by atoms with Gasteiger partial charge in [-0.05, 0) is 81.3 Å². The molecule has 0 fully saturated rings. The van der Waals surface area contributed by atoms with Crippen LogP contribution in [-0.2, 0) is 76.3 Å². The summed E-state index contributed by atoms with van der Waals surface area (Å²) in [5.41, 5.74) is 15.7. The predicted octanol–water partition coefficient (Wildman–Crippen LogP) is 53.6. The molecule has 1 unspecified atom stereocenters. The van der Waals surface area contributed by atoms with Gasteiger partial charge in [0.2, 0.25) is 0 Å². The zero-order valence-electron chi connectivity index (χ0n) is 62.7. The Balaban J connectivity index is 0.000000258. The van der Waals surface area contributed by atoms with Crippen molar-refractivity contribution < 1.29 is 48.6 Å². The summed E-state index contributed by atoms with van der Waals surface area (Å²) in [6.07, 6.45) is 5.15. The second-order valence-corrected chi connectivity index (χ2v) is 1120. The van der Waals surface area contributed by atoms with Crippen molar-refractivity contribution in [1.82, 2.24) is 49.0 Å². The van der Waals surface area contributed by atoms with Gasteiger partial charge in [0.25, 0.3) is 17.7 Å². The van der Waals surface area contributed by atoms with Crippen LogP contribution < -0.4 is 19.0 Å². The summed E-state index contributed by atoms with van der Waals surface area (Å²) in [6.45, 7) is 9.20. The number of carbonyl (C=O) groups is 5. The molecular weight excluding hydrogens is 7710 g/mol. The summed E-state index contributed by atoms with van der Waals surface area (Å²) in [5.74, 6) is -0.0995. The number of nitrogens with two attached hydrogens (primary N) is 1. The summed E-state index contributed by atoms with van der Waals surface area (Å²) in [4.78, 5) is 75.1. The monoisotopic (exact) mass is 7750 g/mol. The number of ketones is 2. The number of benzene rings is 3. The molecule has 3 aromatic carbocycles. The number of nitrogens with zero attached hydrogens (tertiary/aromatic N) is 10. The molecule has 2 N–H and O–H groups in total. The Morgan fingerprint density at radius 1 is 0.451 bits per heavy atom. The standard InChI is InChI=1S/C19H16Cl2N4OS.C17H14BrCl2N3O2.C17H15Cl2N3O2.C2H5NS.CH4.2BrH.Cu.I38.I11/c1-10-22-17-16(27-10)5-7-25-18(17)12-9-24(6-4-15(12)23-25)19(26)11-2-3-13(20)14(21)8-11;18-11-3-6-23-15(16(11)24)10-8-22(5-4-14(10)21-23)17(25)9-1-2-12(19)13(20)7-9;18-12-4-3-10(8-13(12)19)17(24)21-7-5-14-11(9-21)16-15(23)2-1-6-22(16)20-14;1-2(3)4;;;;;1-21(2)23(5)25(7)27(9)29(11)31(13)33(15)35(17)37(19)38(20)36(18)34(16)32(14)30(12)28(10)26(8)24(6)22(3)4;1-7-9(4)11(6)10(5)8(2)3/h2-3,8H,4-7,9H2,1H3;1-2,7,11H,3-6,8H2;3-4,8H,1-2,5-7,9H2;1H3,(H2,3,4);1H4;2*1H;;;/q;;;;;;;+2;;-1/p-2. The molecule has 3 amide bonds. The van der Waals surface area contributed by atoms with Gasteiger partial charge in [0.1, 0.15) is 17.1 Å².